The van der Waals surface area contributed by atoms with Crippen molar-refractivity contribution < 1.29 is 23.5 Å². The Kier molecular flexibility index (Phi) is 6.67. The van der Waals surface area contributed by atoms with Gasteiger partial charge in [-0.05, 0) is 52.0 Å². The highest BCUT2D eigenvalue weighted by molar-refractivity contribution is 6.30. The fourth-order valence-electron chi connectivity index (χ4n) is 3.54. The number of benzene rings is 1. The summed E-state index contributed by atoms with van der Waals surface area (Å²) in [6.07, 6.45) is 0. The van der Waals surface area contributed by atoms with E-state index >= 15 is 0 Å². The van der Waals surface area contributed by atoms with Gasteiger partial charge in [0.15, 0.2) is 0 Å². The maximum Gasteiger partial charge on any atom is 0.336 e. The monoisotopic (exact) mass is 429 g/mol. The van der Waals surface area contributed by atoms with Gasteiger partial charge in [-0.1, -0.05) is 23.7 Å². The van der Waals surface area contributed by atoms with Crippen LogP contribution in [0.4, 0.5) is 0 Å². The first kappa shape index (κ1) is 21.7. The molecule has 0 spiro atoms. The molecule has 0 aliphatic carbocycles. The van der Waals surface area contributed by atoms with Crippen LogP contribution in [0.1, 0.15) is 39.4 Å². The predicted molar refractivity (Wildman–Crippen MR) is 114 cm³/mol. The Morgan fingerprint density at radius 1 is 1.00 bits per heavy atom. The van der Waals surface area contributed by atoms with Crippen LogP contribution in [0.15, 0.2) is 63.4 Å². The van der Waals surface area contributed by atoms with Crippen molar-refractivity contribution in [3.8, 4) is 11.3 Å². The minimum atomic E-state index is -0.753. The fourth-order valence-corrected chi connectivity index (χ4v) is 3.73. The molecular weight excluding hydrogens is 406 g/mol. The standard InChI is InChI=1S/C23H24ClNO5/c1-5-28-22(26)19-13(3)25-14(4)20(23(27)29-6-2)21(19)18-11-10-17(30-18)15-8-7-9-16(24)12-15/h7-12,21,25H,5-6H2,1-4H3. The molecule has 0 bridgehead atoms. The van der Waals surface area contributed by atoms with Crippen LogP contribution in [-0.2, 0) is 19.1 Å². The molecule has 0 fully saturated rings. The molecular formula is C23H24ClNO5. The Morgan fingerprint density at radius 2 is 1.60 bits per heavy atom. The first-order chi connectivity index (χ1) is 14.4. The van der Waals surface area contributed by atoms with Crippen molar-refractivity contribution >= 4 is 23.5 Å². The van der Waals surface area contributed by atoms with E-state index in [0.717, 1.165) is 5.56 Å². The van der Waals surface area contributed by atoms with E-state index in [1.165, 1.54) is 0 Å². The number of dihydropyridines is 1. The molecule has 0 unspecified atom stereocenters. The zero-order chi connectivity index (χ0) is 21.8. The number of allylic oxidation sites excluding steroid dienone is 2. The van der Waals surface area contributed by atoms with Crippen LogP contribution in [0.25, 0.3) is 11.3 Å². The molecule has 2 aromatic rings. The Bertz CT molecular complexity index is 994. The molecule has 2 heterocycles. The lowest BCUT2D eigenvalue weighted by Crippen LogP contribution is -2.32. The molecule has 0 amide bonds. The number of carbonyl (C=O) groups excluding carboxylic acids is 2. The highest BCUT2D eigenvalue weighted by Gasteiger charge is 2.39. The SMILES string of the molecule is CCOC(=O)C1=C(C)NC(C)=C(C(=O)OCC)C1c1ccc(-c2cccc(Cl)c2)o1. The summed E-state index contributed by atoms with van der Waals surface area (Å²) in [6, 6.07) is 10.8. The Balaban J connectivity index is 2.12. The van der Waals surface area contributed by atoms with Gasteiger partial charge < -0.3 is 19.2 Å². The van der Waals surface area contributed by atoms with Gasteiger partial charge in [0.25, 0.3) is 0 Å². The zero-order valence-corrected chi connectivity index (χ0v) is 18.1. The van der Waals surface area contributed by atoms with Crippen molar-refractivity contribution in [2.45, 2.75) is 33.6 Å². The molecule has 3 rings (SSSR count). The highest BCUT2D eigenvalue weighted by atomic mass is 35.5. The lowest BCUT2D eigenvalue weighted by molar-refractivity contribution is -0.139. The minimum absolute atomic E-state index is 0.214. The van der Waals surface area contributed by atoms with Crippen LogP contribution in [0.5, 0.6) is 0 Å². The van der Waals surface area contributed by atoms with Crippen molar-refractivity contribution in [3.63, 3.8) is 0 Å². The van der Waals surface area contributed by atoms with Crippen molar-refractivity contribution in [2.24, 2.45) is 0 Å². The molecule has 0 atom stereocenters. The van der Waals surface area contributed by atoms with E-state index in [1.807, 2.05) is 12.1 Å². The molecule has 1 aromatic carbocycles. The zero-order valence-electron chi connectivity index (χ0n) is 17.4. The van der Waals surface area contributed by atoms with E-state index in [1.54, 1.807) is 52.0 Å². The number of halogens is 1. The first-order valence-electron chi connectivity index (χ1n) is 9.75. The molecule has 0 saturated carbocycles. The molecule has 1 aromatic heterocycles. The average molecular weight is 430 g/mol. The number of rotatable bonds is 6. The van der Waals surface area contributed by atoms with Crippen molar-refractivity contribution in [3.05, 3.63) is 69.7 Å². The summed E-state index contributed by atoms with van der Waals surface area (Å²) in [5.41, 5.74) is 2.63. The molecule has 7 heteroatoms. The Labute approximate surface area is 180 Å². The smallest absolute Gasteiger partial charge is 0.336 e. The van der Waals surface area contributed by atoms with E-state index in [4.69, 9.17) is 25.5 Å². The molecule has 158 valence electrons. The Hall–Kier alpha value is -2.99. The second-order valence-electron chi connectivity index (χ2n) is 6.79. The third-order valence-electron chi connectivity index (χ3n) is 4.77. The van der Waals surface area contributed by atoms with Gasteiger partial charge in [0.1, 0.15) is 11.5 Å². The summed E-state index contributed by atoms with van der Waals surface area (Å²) in [5, 5.41) is 3.68. The molecule has 1 N–H and O–H groups in total. The topological polar surface area (TPSA) is 77.8 Å². The van der Waals surface area contributed by atoms with Crippen molar-refractivity contribution in [1.29, 1.82) is 0 Å². The summed E-state index contributed by atoms with van der Waals surface area (Å²) >= 11 is 6.10. The third kappa shape index (κ3) is 4.28. The summed E-state index contributed by atoms with van der Waals surface area (Å²) in [7, 11) is 0. The minimum Gasteiger partial charge on any atom is -0.463 e. The number of hydrogen-bond donors (Lipinski definition) is 1. The highest BCUT2D eigenvalue weighted by Crippen LogP contribution is 2.41. The van der Waals surface area contributed by atoms with Gasteiger partial charge in [-0.2, -0.15) is 0 Å². The van der Waals surface area contributed by atoms with E-state index in [2.05, 4.69) is 5.32 Å². The maximum absolute atomic E-state index is 12.8. The number of esters is 2. The number of carbonyl (C=O) groups is 2. The maximum atomic E-state index is 12.8. The van der Waals surface area contributed by atoms with Crippen LogP contribution in [-0.4, -0.2) is 25.2 Å². The largest absolute Gasteiger partial charge is 0.463 e. The van der Waals surface area contributed by atoms with Gasteiger partial charge in [-0.3, -0.25) is 0 Å². The number of ether oxygens (including phenoxy) is 2. The van der Waals surface area contributed by atoms with E-state index in [-0.39, 0.29) is 13.2 Å². The quantitative estimate of drug-likeness (QED) is 0.654. The van der Waals surface area contributed by atoms with Crippen LogP contribution in [0.3, 0.4) is 0 Å². The van der Waals surface area contributed by atoms with E-state index < -0.39 is 17.9 Å². The number of nitrogens with one attached hydrogen (secondary N) is 1. The fraction of sp³-hybridized carbons (Fsp3) is 0.304. The first-order valence-corrected chi connectivity index (χ1v) is 10.1. The molecule has 1 aliphatic heterocycles. The van der Waals surface area contributed by atoms with Gasteiger partial charge in [0.2, 0.25) is 0 Å². The lowest BCUT2D eigenvalue weighted by atomic mass is 9.83. The lowest BCUT2D eigenvalue weighted by Gasteiger charge is -2.28. The normalized spacial score (nSPS) is 14.6. The van der Waals surface area contributed by atoms with E-state index in [9.17, 15) is 9.59 Å². The Morgan fingerprint density at radius 3 is 2.13 bits per heavy atom. The van der Waals surface area contributed by atoms with Crippen LogP contribution in [0, 0.1) is 0 Å². The molecule has 6 nitrogen and oxygen atoms in total. The van der Waals surface area contributed by atoms with Gasteiger partial charge in [-0.15, -0.1) is 0 Å². The van der Waals surface area contributed by atoms with Crippen LogP contribution < -0.4 is 5.32 Å². The van der Waals surface area contributed by atoms with Crippen LogP contribution >= 0.6 is 11.6 Å². The molecule has 0 radical (unpaired) electrons. The predicted octanol–water partition coefficient (Wildman–Crippen LogP) is 4.96. The number of furan rings is 1. The molecule has 30 heavy (non-hydrogen) atoms. The van der Waals surface area contributed by atoms with Gasteiger partial charge in [0.05, 0.1) is 30.3 Å². The number of hydrogen-bond acceptors (Lipinski definition) is 6. The van der Waals surface area contributed by atoms with Crippen molar-refractivity contribution in [1.82, 2.24) is 5.32 Å². The van der Waals surface area contributed by atoms with Crippen molar-refractivity contribution in [2.75, 3.05) is 13.2 Å². The molecule has 1 aliphatic rings. The summed E-state index contributed by atoms with van der Waals surface area (Å²) in [6.45, 7) is 7.43. The van der Waals surface area contributed by atoms with E-state index in [0.29, 0.717) is 39.1 Å². The summed E-state index contributed by atoms with van der Waals surface area (Å²) in [4.78, 5) is 25.6. The average Bonchev–Trinajstić information content (AvgIpc) is 3.17. The second-order valence-corrected chi connectivity index (χ2v) is 7.23. The second kappa shape index (κ2) is 9.22. The summed E-state index contributed by atoms with van der Waals surface area (Å²) in [5.74, 6) is -0.758. The van der Waals surface area contributed by atoms with Gasteiger partial charge in [0, 0.05) is 22.0 Å². The third-order valence-corrected chi connectivity index (χ3v) is 5.01. The van der Waals surface area contributed by atoms with Gasteiger partial charge in [-0.25, -0.2) is 9.59 Å². The van der Waals surface area contributed by atoms with Crippen LogP contribution in [0.2, 0.25) is 5.02 Å². The molecule has 0 saturated heterocycles. The van der Waals surface area contributed by atoms with Gasteiger partial charge >= 0.3 is 11.9 Å². The summed E-state index contributed by atoms with van der Waals surface area (Å²) < 4.78 is 16.6.